The van der Waals surface area contributed by atoms with Crippen molar-refractivity contribution in [2.45, 2.75) is 0 Å². The highest BCUT2D eigenvalue weighted by atomic mass is 79.9. The fourth-order valence-corrected chi connectivity index (χ4v) is 3.32. The van der Waals surface area contributed by atoms with Gasteiger partial charge < -0.3 is 19.7 Å². The number of hydrogen-bond donors (Lipinski definition) is 3. The zero-order chi connectivity index (χ0) is 23.3. The number of hydrazone groups is 1. The molecule has 0 atom stereocenters. The highest BCUT2D eigenvalue weighted by molar-refractivity contribution is 9.11. The Bertz CT molecular complexity index is 1090. The van der Waals surface area contributed by atoms with Crippen LogP contribution in [0.15, 0.2) is 32.2 Å². The van der Waals surface area contributed by atoms with Crippen LogP contribution in [0.25, 0.3) is 0 Å². The van der Waals surface area contributed by atoms with Gasteiger partial charge in [0.2, 0.25) is 5.75 Å². The average molecular weight is 564 g/mol. The first-order valence-electron chi connectivity index (χ1n) is 7.92. The number of nitrogens with zero attached hydrogens (tertiary/aromatic N) is 3. The smallest absolute Gasteiger partial charge is 0.321 e. The summed E-state index contributed by atoms with van der Waals surface area (Å²) in [6.07, 6.45) is 1.08. The van der Waals surface area contributed by atoms with E-state index in [2.05, 4.69) is 42.4 Å². The second-order valence-electron chi connectivity index (χ2n) is 5.55. The molecular formula is C16H12Br2N4O9. The zero-order valence-corrected chi connectivity index (χ0v) is 18.5. The lowest BCUT2D eigenvalue weighted by Crippen LogP contribution is -2.25. The minimum absolute atomic E-state index is 0.00978. The molecule has 0 aliphatic rings. The molecule has 164 valence electrons. The summed E-state index contributed by atoms with van der Waals surface area (Å²) in [6, 6.07) is 2.94. The Balaban J connectivity index is 2.14. The monoisotopic (exact) mass is 562 g/mol. The van der Waals surface area contributed by atoms with Crippen molar-refractivity contribution in [3.8, 4) is 23.0 Å². The molecule has 1 amide bonds. The predicted molar refractivity (Wildman–Crippen MR) is 113 cm³/mol. The normalized spacial score (nSPS) is 10.7. The van der Waals surface area contributed by atoms with Gasteiger partial charge in [-0.2, -0.15) is 5.10 Å². The molecule has 13 nitrogen and oxygen atoms in total. The fraction of sp³-hybridized carbons (Fsp3) is 0.125. The maximum absolute atomic E-state index is 11.9. The standard InChI is InChI=1S/C16H12Br2N4O9/c1-30-11-4-8(21(26)27)3-10(22(28)29)16(11)31-6-12(23)20-19-5-7-2-9(17)15(25)13(18)14(7)24/h2-5,24-25H,6H2,1H3,(H,20,23). The number of methoxy groups -OCH3 is 1. The van der Waals surface area contributed by atoms with Gasteiger partial charge in [-0.25, -0.2) is 5.43 Å². The van der Waals surface area contributed by atoms with Gasteiger partial charge in [0.15, 0.2) is 12.4 Å². The summed E-state index contributed by atoms with van der Waals surface area (Å²) >= 11 is 6.07. The number of phenolic OH excluding ortho intramolecular Hbond substituents is 2. The number of hydrogen-bond acceptors (Lipinski definition) is 10. The number of non-ortho nitro benzene ring substituents is 1. The summed E-state index contributed by atoms with van der Waals surface area (Å²) in [5.41, 5.74) is 0.879. The van der Waals surface area contributed by atoms with Crippen molar-refractivity contribution in [2.75, 3.05) is 13.7 Å². The van der Waals surface area contributed by atoms with Gasteiger partial charge in [-0.15, -0.1) is 0 Å². The minimum Gasteiger partial charge on any atom is -0.506 e. The van der Waals surface area contributed by atoms with Crippen LogP contribution in [0.2, 0.25) is 0 Å². The molecule has 0 spiro atoms. The molecule has 2 rings (SSSR count). The third-order valence-corrected chi connectivity index (χ3v) is 4.94. The lowest BCUT2D eigenvalue weighted by atomic mass is 10.2. The van der Waals surface area contributed by atoms with Crippen LogP contribution in [0.3, 0.4) is 0 Å². The molecule has 0 saturated heterocycles. The van der Waals surface area contributed by atoms with Crippen LogP contribution < -0.4 is 14.9 Å². The zero-order valence-electron chi connectivity index (χ0n) is 15.4. The van der Waals surface area contributed by atoms with Crippen molar-refractivity contribution < 1.29 is 34.3 Å². The van der Waals surface area contributed by atoms with E-state index in [0.29, 0.717) is 6.07 Å². The van der Waals surface area contributed by atoms with Crippen LogP contribution in [-0.2, 0) is 4.79 Å². The van der Waals surface area contributed by atoms with Crippen LogP contribution in [-0.4, -0.2) is 45.9 Å². The largest absolute Gasteiger partial charge is 0.506 e. The van der Waals surface area contributed by atoms with E-state index in [1.807, 2.05) is 0 Å². The number of carbonyl (C=O) groups excluding carboxylic acids is 1. The summed E-state index contributed by atoms with van der Waals surface area (Å²) in [4.78, 5) is 32.3. The molecule has 15 heteroatoms. The number of amides is 1. The van der Waals surface area contributed by atoms with E-state index in [-0.39, 0.29) is 31.8 Å². The highest BCUT2D eigenvalue weighted by Crippen LogP contribution is 2.41. The molecule has 0 unspecified atom stereocenters. The van der Waals surface area contributed by atoms with Crippen LogP contribution in [0, 0.1) is 20.2 Å². The molecule has 0 radical (unpaired) electrons. The number of carbonyl (C=O) groups is 1. The number of benzene rings is 2. The number of ether oxygens (including phenoxy) is 2. The Morgan fingerprint density at radius 1 is 1.19 bits per heavy atom. The molecule has 31 heavy (non-hydrogen) atoms. The van der Waals surface area contributed by atoms with Gasteiger partial charge in [0.05, 0.1) is 39.8 Å². The van der Waals surface area contributed by atoms with Crippen LogP contribution in [0.5, 0.6) is 23.0 Å². The summed E-state index contributed by atoms with van der Waals surface area (Å²) in [6.45, 7) is -0.735. The first-order chi connectivity index (χ1) is 14.6. The van der Waals surface area contributed by atoms with Gasteiger partial charge >= 0.3 is 5.69 Å². The van der Waals surface area contributed by atoms with E-state index >= 15 is 0 Å². The highest BCUT2D eigenvalue weighted by Gasteiger charge is 2.27. The van der Waals surface area contributed by atoms with Crippen LogP contribution in [0.1, 0.15) is 5.56 Å². The maximum atomic E-state index is 11.9. The molecular weight excluding hydrogens is 552 g/mol. The second kappa shape index (κ2) is 10.0. The van der Waals surface area contributed by atoms with E-state index < -0.39 is 39.5 Å². The maximum Gasteiger partial charge on any atom is 0.321 e. The quantitative estimate of drug-likeness (QED) is 0.246. The lowest BCUT2D eigenvalue weighted by molar-refractivity contribution is -0.394. The van der Waals surface area contributed by atoms with Crippen molar-refractivity contribution in [3.63, 3.8) is 0 Å². The fourth-order valence-electron chi connectivity index (χ4n) is 2.17. The van der Waals surface area contributed by atoms with Gasteiger partial charge in [-0.05, 0) is 37.9 Å². The van der Waals surface area contributed by atoms with Gasteiger partial charge in [0, 0.05) is 5.56 Å². The molecule has 0 aliphatic heterocycles. The molecule has 2 aromatic rings. The summed E-state index contributed by atoms with van der Waals surface area (Å²) < 4.78 is 10.3. The second-order valence-corrected chi connectivity index (χ2v) is 7.20. The third-order valence-electron chi connectivity index (χ3n) is 3.59. The topological polar surface area (TPSA) is 187 Å². The van der Waals surface area contributed by atoms with Crippen LogP contribution in [0.4, 0.5) is 11.4 Å². The molecule has 0 heterocycles. The van der Waals surface area contributed by atoms with E-state index in [9.17, 15) is 35.2 Å². The number of nitrogens with one attached hydrogen (secondary N) is 1. The predicted octanol–water partition coefficient (Wildman–Crippen LogP) is 2.98. The summed E-state index contributed by atoms with van der Waals surface area (Å²) in [5.74, 6) is -2.17. The van der Waals surface area contributed by atoms with Crippen molar-refractivity contribution in [1.82, 2.24) is 5.43 Å². The van der Waals surface area contributed by atoms with Crippen molar-refractivity contribution in [2.24, 2.45) is 5.10 Å². The van der Waals surface area contributed by atoms with E-state index in [1.165, 1.54) is 6.07 Å². The Morgan fingerprint density at radius 2 is 1.87 bits per heavy atom. The lowest BCUT2D eigenvalue weighted by Gasteiger charge is -2.10. The first-order valence-corrected chi connectivity index (χ1v) is 9.50. The Morgan fingerprint density at radius 3 is 2.45 bits per heavy atom. The van der Waals surface area contributed by atoms with Gasteiger partial charge in [0.1, 0.15) is 16.0 Å². The summed E-state index contributed by atoms with van der Waals surface area (Å²) in [7, 11) is 1.13. The minimum atomic E-state index is -0.912. The summed E-state index contributed by atoms with van der Waals surface area (Å²) in [5, 5.41) is 45.4. The molecule has 0 fully saturated rings. The molecule has 2 aromatic carbocycles. The SMILES string of the molecule is COc1cc([N+](=O)[O-])cc([N+](=O)[O-])c1OCC(=O)NN=Cc1cc(Br)c(O)c(Br)c1O. The first kappa shape index (κ1) is 23.8. The van der Waals surface area contributed by atoms with Crippen LogP contribution >= 0.6 is 31.9 Å². The number of halogens is 2. The molecule has 0 saturated carbocycles. The van der Waals surface area contributed by atoms with Gasteiger partial charge in [0.25, 0.3) is 11.6 Å². The van der Waals surface area contributed by atoms with Gasteiger partial charge in [-0.3, -0.25) is 25.0 Å². The van der Waals surface area contributed by atoms with Crippen molar-refractivity contribution >= 4 is 55.4 Å². The number of nitro benzene ring substituents is 2. The molecule has 0 aliphatic carbocycles. The van der Waals surface area contributed by atoms with E-state index in [1.54, 1.807) is 0 Å². The number of aromatic hydroxyl groups is 2. The van der Waals surface area contributed by atoms with Crippen molar-refractivity contribution in [3.05, 3.63) is 52.9 Å². The van der Waals surface area contributed by atoms with Crippen molar-refractivity contribution in [1.29, 1.82) is 0 Å². The molecule has 0 aromatic heterocycles. The Hall–Kier alpha value is -3.46. The Labute approximate surface area is 189 Å². The van der Waals surface area contributed by atoms with Gasteiger partial charge in [-0.1, -0.05) is 0 Å². The average Bonchev–Trinajstić information content (AvgIpc) is 2.73. The number of nitro groups is 2. The number of rotatable bonds is 8. The third kappa shape index (κ3) is 5.58. The molecule has 0 bridgehead atoms. The number of phenols is 2. The Kier molecular flexibility index (Phi) is 7.71. The van der Waals surface area contributed by atoms with E-state index in [4.69, 9.17) is 9.47 Å². The van der Waals surface area contributed by atoms with E-state index in [0.717, 1.165) is 19.4 Å². The molecule has 3 N–H and O–H groups in total.